The van der Waals surface area contributed by atoms with E-state index in [-0.39, 0.29) is 24.7 Å². The topological polar surface area (TPSA) is 66.0 Å². The van der Waals surface area contributed by atoms with Gasteiger partial charge in [-0.05, 0) is 37.5 Å². The number of nitrogens with zero attached hydrogens (tertiary/aromatic N) is 2. The molecule has 2 N–H and O–H groups in total. The quantitative estimate of drug-likeness (QED) is 0.558. The highest BCUT2D eigenvalue weighted by molar-refractivity contribution is 5.86. The maximum Gasteiger partial charge on any atom is 0.422 e. The number of benzene rings is 1. The SMILES string of the molecule is CCNC(=NCc1cccc(OCC(F)(F)F)c1)NCC(=O)N1CCCC1. The van der Waals surface area contributed by atoms with Crippen molar-refractivity contribution in [2.24, 2.45) is 4.99 Å². The van der Waals surface area contributed by atoms with E-state index in [4.69, 9.17) is 4.74 Å². The third kappa shape index (κ3) is 7.76. The van der Waals surface area contributed by atoms with Gasteiger partial charge < -0.3 is 20.3 Å². The fraction of sp³-hybridized carbons (Fsp3) is 0.556. The molecule has 1 aromatic rings. The summed E-state index contributed by atoms with van der Waals surface area (Å²) in [6.45, 7) is 3.18. The third-order valence-electron chi connectivity index (χ3n) is 3.93. The smallest absolute Gasteiger partial charge is 0.422 e. The Bertz CT molecular complexity index is 644. The number of nitrogens with one attached hydrogen (secondary N) is 2. The highest BCUT2D eigenvalue weighted by Gasteiger charge is 2.28. The van der Waals surface area contributed by atoms with E-state index in [9.17, 15) is 18.0 Å². The van der Waals surface area contributed by atoms with E-state index < -0.39 is 12.8 Å². The van der Waals surface area contributed by atoms with E-state index in [2.05, 4.69) is 15.6 Å². The Hall–Kier alpha value is -2.45. The summed E-state index contributed by atoms with van der Waals surface area (Å²) in [7, 11) is 0. The van der Waals surface area contributed by atoms with Crippen LogP contribution in [0.15, 0.2) is 29.3 Å². The molecule has 0 bridgehead atoms. The lowest BCUT2D eigenvalue weighted by Crippen LogP contribution is -2.44. The van der Waals surface area contributed by atoms with Crippen molar-refractivity contribution in [3.8, 4) is 5.75 Å². The molecular weight excluding hydrogens is 361 g/mol. The van der Waals surface area contributed by atoms with Gasteiger partial charge >= 0.3 is 6.18 Å². The van der Waals surface area contributed by atoms with Crippen molar-refractivity contribution in [1.82, 2.24) is 15.5 Å². The van der Waals surface area contributed by atoms with E-state index in [0.717, 1.165) is 25.9 Å². The van der Waals surface area contributed by atoms with Crippen molar-refractivity contribution in [3.05, 3.63) is 29.8 Å². The van der Waals surface area contributed by atoms with Gasteiger partial charge in [0.15, 0.2) is 12.6 Å². The van der Waals surface area contributed by atoms with Crippen molar-refractivity contribution in [3.63, 3.8) is 0 Å². The van der Waals surface area contributed by atoms with Crippen LogP contribution in [0.5, 0.6) is 5.75 Å². The number of amides is 1. The number of aliphatic imine (C=N–C) groups is 1. The second kappa shape index (κ2) is 10.0. The van der Waals surface area contributed by atoms with Gasteiger partial charge in [0.1, 0.15) is 5.75 Å². The molecule has 0 aromatic heterocycles. The molecule has 0 saturated carbocycles. The van der Waals surface area contributed by atoms with Crippen molar-refractivity contribution < 1.29 is 22.7 Å². The van der Waals surface area contributed by atoms with Crippen molar-refractivity contribution in [1.29, 1.82) is 0 Å². The monoisotopic (exact) mass is 386 g/mol. The van der Waals surface area contributed by atoms with Crippen LogP contribution in [0.25, 0.3) is 0 Å². The molecule has 2 rings (SSSR count). The maximum atomic E-state index is 12.2. The van der Waals surface area contributed by atoms with Crippen molar-refractivity contribution in [2.45, 2.75) is 32.5 Å². The number of ether oxygens (including phenoxy) is 1. The van der Waals surface area contributed by atoms with Crippen LogP contribution in [0.4, 0.5) is 13.2 Å². The zero-order valence-corrected chi connectivity index (χ0v) is 15.3. The summed E-state index contributed by atoms with van der Waals surface area (Å²) in [6.07, 6.45) is -2.31. The average Bonchev–Trinajstić information content (AvgIpc) is 3.17. The summed E-state index contributed by atoms with van der Waals surface area (Å²) in [4.78, 5) is 18.3. The molecule has 0 spiro atoms. The van der Waals surface area contributed by atoms with E-state index in [1.807, 2.05) is 11.8 Å². The molecule has 1 heterocycles. The Morgan fingerprint density at radius 2 is 2.00 bits per heavy atom. The highest BCUT2D eigenvalue weighted by Crippen LogP contribution is 2.19. The summed E-state index contributed by atoms with van der Waals surface area (Å²) >= 11 is 0. The molecule has 1 amide bonds. The first kappa shape index (κ1) is 20.9. The highest BCUT2D eigenvalue weighted by atomic mass is 19.4. The van der Waals surface area contributed by atoms with Gasteiger partial charge in [-0.15, -0.1) is 0 Å². The van der Waals surface area contributed by atoms with Crippen LogP contribution in [0.2, 0.25) is 0 Å². The Morgan fingerprint density at radius 3 is 2.67 bits per heavy atom. The number of alkyl halides is 3. The largest absolute Gasteiger partial charge is 0.484 e. The van der Waals surface area contributed by atoms with Gasteiger partial charge in [0.25, 0.3) is 0 Å². The molecule has 1 aromatic carbocycles. The Kier molecular flexibility index (Phi) is 7.75. The minimum absolute atomic E-state index is 0.0284. The number of rotatable bonds is 7. The third-order valence-corrected chi connectivity index (χ3v) is 3.93. The van der Waals surface area contributed by atoms with E-state index >= 15 is 0 Å². The van der Waals surface area contributed by atoms with Crippen LogP contribution in [-0.2, 0) is 11.3 Å². The van der Waals surface area contributed by atoms with Crippen LogP contribution in [0.1, 0.15) is 25.3 Å². The fourth-order valence-electron chi connectivity index (χ4n) is 2.65. The Labute approximate surface area is 156 Å². The standard InChI is InChI=1S/C18H25F3N4O2/c1-2-22-17(24-12-16(26)25-8-3-4-9-25)23-11-14-6-5-7-15(10-14)27-13-18(19,20)21/h5-7,10H,2-4,8-9,11-13H2,1H3,(H2,22,23,24). The molecule has 0 radical (unpaired) electrons. The molecule has 9 heteroatoms. The van der Waals surface area contributed by atoms with Crippen LogP contribution in [0, 0.1) is 0 Å². The lowest BCUT2D eigenvalue weighted by Gasteiger charge is -2.17. The molecule has 0 aliphatic carbocycles. The van der Waals surface area contributed by atoms with Gasteiger partial charge in [-0.2, -0.15) is 13.2 Å². The Morgan fingerprint density at radius 1 is 1.26 bits per heavy atom. The number of hydrogen-bond acceptors (Lipinski definition) is 3. The van der Waals surface area contributed by atoms with Crippen LogP contribution < -0.4 is 15.4 Å². The number of hydrogen-bond donors (Lipinski definition) is 2. The van der Waals surface area contributed by atoms with Crippen molar-refractivity contribution >= 4 is 11.9 Å². The lowest BCUT2D eigenvalue weighted by atomic mass is 10.2. The summed E-state index contributed by atoms with van der Waals surface area (Å²) in [5, 5.41) is 6.04. The predicted molar refractivity (Wildman–Crippen MR) is 96.6 cm³/mol. The summed E-state index contributed by atoms with van der Waals surface area (Å²) in [5.41, 5.74) is 0.706. The average molecular weight is 386 g/mol. The zero-order valence-electron chi connectivity index (χ0n) is 15.3. The number of likely N-dealkylation sites (tertiary alicyclic amines) is 1. The molecular formula is C18H25F3N4O2. The van der Waals surface area contributed by atoms with Gasteiger partial charge in [-0.25, -0.2) is 4.99 Å². The van der Waals surface area contributed by atoms with E-state index in [0.29, 0.717) is 18.1 Å². The van der Waals surface area contributed by atoms with Gasteiger partial charge in [-0.1, -0.05) is 12.1 Å². The summed E-state index contributed by atoms with van der Waals surface area (Å²) in [6, 6.07) is 6.36. The minimum atomic E-state index is -4.38. The summed E-state index contributed by atoms with van der Waals surface area (Å²) < 4.78 is 41.5. The van der Waals surface area contributed by atoms with Crippen molar-refractivity contribution in [2.75, 3.05) is 32.8 Å². The molecule has 1 saturated heterocycles. The molecule has 0 unspecified atom stereocenters. The first-order valence-electron chi connectivity index (χ1n) is 8.96. The molecule has 1 aliphatic heterocycles. The first-order chi connectivity index (χ1) is 12.9. The number of halogens is 3. The Balaban J connectivity index is 1.90. The molecule has 0 atom stereocenters. The van der Waals surface area contributed by atoms with Crippen LogP contribution in [-0.4, -0.2) is 55.7 Å². The number of guanidine groups is 1. The van der Waals surface area contributed by atoms with E-state index in [1.165, 1.54) is 12.1 Å². The maximum absolute atomic E-state index is 12.2. The zero-order chi connectivity index (χ0) is 19.7. The normalized spacial score (nSPS) is 15.0. The molecule has 27 heavy (non-hydrogen) atoms. The second-order valence-electron chi connectivity index (χ2n) is 6.19. The molecule has 150 valence electrons. The second-order valence-corrected chi connectivity index (χ2v) is 6.19. The predicted octanol–water partition coefficient (Wildman–Crippen LogP) is 2.31. The van der Waals surface area contributed by atoms with Crippen LogP contribution in [0.3, 0.4) is 0 Å². The number of carbonyl (C=O) groups is 1. The lowest BCUT2D eigenvalue weighted by molar-refractivity contribution is -0.153. The number of carbonyl (C=O) groups excluding carboxylic acids is 1. The van der Waals surface area contributed by atoms with Gasteiger partial charge in [0.05, 0.1) is 13.1 Å². The van der Waals surface area contributed by atoms with Gasteiger partial charge in [0, 0.05) is 19.6 Å². The van der Waals surface area contributed by atoms with E-state index in [1.54, 1.807) is 12.1 Å². The molecule has 6 nitrogen and oxygen atoms in total. The fourth-order valence-corrected chi connectivity index (χ4v) is 2.65. The molecule has 1 fully saturated rings. The van der Waals surface area contributed by atoms with Gasteiger partial charge in [-0.3, -0.25) is 4.79 Å². The van der Waals surface area contributed by atoms with Gasteiger partial charge in [0.2, 0.25) is 5.91 Å². The van der Waals surface area contributed by atoms with Crippen LogP contribution >= 0.6 is 0 Å². The first-order valence-corrected chi connectivity index (χ1v) is 8.96. The minimum Gasteiger partial charge on any atom is -0.484 e. The summed E-state index contributed by atoms with van der Waals surface area (Å²) in [5.74, 6) is 0.648. The molecule has 1 aliphatic rings.